The lowest BCUT2D eigenvalue weighted by Crippen LogP contribution is -2.22. The van der Waals surface area contributed by atoms with Gasteiger partial charge in [-0.3, -0.25) is 4.79 Å². The summed E-state index contributed by atoms with van der Waals surface area (Å²) in [6.07, 6.45) is 0. The Morgan fingerprint density at radius 3 is 2.42 bits per heavy atom. The van der Waals surface area contributed by atoms with E-state index < -0.39 is 0 Å². The van der Waals surface area contributed by atoms with Gasteiger partial charge in [-0.25, -0.2) is 0 Å². The number of carbonyl (C=O) groups is 1. The normalized spacial score (nSPS) is 11.8. The first-order valence-electron chi connectivity index (χ1n) is 7.39. The molecular formula is C15H20N6O2S. The monoisotopic (exact) mass is 348 g/mol. The third-order valence-electron chi connectivity index (χ3n) is 2.98. The van der Waals surface area contributed by atoms with Crippen molar-refractivity contribution in [3.05, 3.63) is 30.1 Å². The number of nitrogens with one attached hydrogen (secondary N) is 1. The molecule has 1 aromatic heterocycles. The maximum absolute atomic E-state index is 12.2. The second-order valence-electron chi connectivity index (χ2n) is 4.87. The van der Waals surface area contributed by atoms with Gasteiger partial charge < -0.3 is 21.5 Å². The Labute approximate surface area is 144 Å². The molecule has 0 saturated heterocycles. The Balaban J connectivity index is 1.87. The zero-order valence-electron chi connectivity index (χ0n) is 13.5. The summed E-state index contributed by atoms with van der Waals surface area (Å²) in [6.45, 7) is 4.33. The average molecular weight is 348 g/mol. The van der Waals surface area contributed by atoms with Crippen molar-refractivity contribution < 1.29 is 9.53 Å². The molecule has 9 heteroatoms. The molecule has 0 fully saturated rings. The third kappa shape index (κ3) is 5.27. The van der Waals surface area contributed by atoms with E-state index in [0.29, 0.717) is 23.9 Å². The summed E-state index contributed by atoms with van der Waals surface area (Å²) < 4.78 is 5.36. The molecule has 2 aromatic rings. The highest BCUT2D eigenvalue weighted by Crippen LogP contribution is 2.20. The Morgan fingerprint density at radius 1 is 1.21 bits per heavy atom. The highest BCUT2D eigenvalue weighted by Gasteiger charge is 2.15. The Hall–Kier alpha value is -2.55. The molecule has 8 nitrogen and oxygen atoms in total. The van der Waals surface area contributed by atoms with Crippen LogP contribution in [0.3, 0.4) is 0 Å². The minimum Gasteiger partial charge on any atom is -0.494 e. The molecule has 0 radical (unpaired) electrons. The van der Waals surface area contributed by atoms with E-state index in [1.165, 1.54) is 11.8 Å². The van der Waals surface area contributed by atoms with E-state index in [4.69, 9.17) is 16.2 Å². The van der Waals surface area contributed by atoms with Crippen molar-refractivity contribution in [3.63, 3.8) is 0 Å². The number of anilines is 3. The summed E-state index contributed by atoms with van der Waals surface area (Å²) in [5.74, 6) is 1.66. The quantitative estimate of drug-likeness (QED) is 0.689. The van der Waals surface area contributed by atoms with Crippen LogP contribution in [0.4, 0.5) is 17.6 Å². The zero-order chi connectivity index (χ0) is 17.5. The molecule has 5 N–H and O–H groups in total. The van der Waals surface area contributed by atoms with Gasteiger partial charge in [-0.05, 0) is 38.1 Å². The summed E-state index contributed by atoms with van der Waals surface area (Å²) in [5, 5.41) is 2.56. The van der Waals surface area contributed by atoms with Crippen LogP contribution in [-0.4, -0.2) is 32.7 Å². The number of nitrogens with two attached hydrogens (primary N) is 2. The summed E-state index contributed by atoms with van der Waals surface area (Å²) in [6, 6.07) is 7.22. The lowest BCUT2D eigenvalue weighted by molar-refractivity contribution is -0.115. The molecule has 1 atom stereocenters. The largest absolute Gasteiger partial charge is 0.494 e. The molecular weight excluding hydrogens is 328 g/mol. The maximum Gasteiger partial charge on any atom is 0.237 e. The summed E-state index contributed by atoms with van der Waals surface area (Å²) in [5.41, 5.74) is 11.8. The molecule has 0 spiro atoms. The van der Waals surface area contributed by atoms with Gasteiger partial charge >= 0.3 is 0 Å². The standard InChI is InChI=1S/C15H20N6O2S/c1-3-23-11-6-4-10(5-7-11)18-13(22)9(2)24-8-12-19-14(16)21-15(17)20-12/h4-7,9H,3,8H2,1-2H3,(H,18,22)(H4,16,17,19,20,21)/t9-/m0/s1. The van der Waals surface area contributed by atoms with Crippen LogP contribution in [0.2, 0.25) is 0 Å². The van der Waals surface area contributed by atoms with Gasteiger partial charge in [-0.15, -0.1) is 11.8 Å². The smallest absolute Gasteiger partial charge is 0.237 e. The number of hydrogen-bond donors (Lipinski definition) is 3. The second-order valence-corrected chi connectivity index (χ2v) is 6.20. The van der Waals surface area contributed by atoms with Gasteiger partial charge in [-0.2, -0.15) is 15.0 Å². The van der Waals surface area contributed by atoms with E-state index in [2.05, 4.69) is 20.3 Å². The zero-order valence-corrected chi connectivity index (χ0v) is 14.3. The summed E-state index contributed by atoms with van der Waals surface area (Å²) in [4.78, 5) is 23.9. The number of aromatic nitrogens is 3. The molecule has 1 amide bonds. The fraction of sp³-hybridized carbons (Fsp3) is 0.333. The van der Waals surface area contributed by atoms with Crippen LogP contribution in [-0.2, 0) is 10.5 Å². The second kappa shape index (κ2) is 8.34. The average Bonchev–Trinajstić information content (AvgIpc) is 2.54. The van der Waals surface area contributed by atoms with Crippen LogP contribution < -0.4 is 21.5 Å². The number of ether oxygens (including phenoxy) is 1. The highest BCUT2D eigenvalue weighted by atomic mass is 32.2. The number of nitrogen functional groups attached to an aromatic ring is 2. The highest BCUT2D eigenvalue weighted by molar-refractivity contribution is 7.99. The molecule has 24 heavy (non-hydrogen) atoms. The fourth-order valence-corrected chi connectivity index (χ4v) is 2.58. The summed E-state index contributed by atoms with van der Waals surface area (Å²) >= 11 is 1.38. The molecule has 0 aliphatic carbocycles. The van der Waals surface area contributed by atoms with Crippen LogP contribution in [0.25, 0.3) is 0 Å². The van der Waals surface area contributed by atoms with Gasteiger partial charge in [0.25, 0.3) is 0 Å². The molecule has 0 saturated carbocycles. The minimum atomic E-state index is -0.296. The van der Waals surface area contributed by atoms with Crippen molar-refractivity contribution in [3.8, 4) is 5.75 Å². The molecule has 0 unspecified atom stereocenters. The van der Waals surface area contributed by atoms with Crippen molar-refractivity contribution in [1.29, 1.82) is 0 Å². The number of benzene rings is 1. The van der Waals surface area contributed by atoms with Crippen molar-refractivity contribution in [2.45, 2.75) is 24.9 Å². The van der Waals surface area contributed by atoms with Crippen LogP contribution >= 0.6 is 11.8 Å². The van der Waals surface area contributed by atoms with Gasteiger partial charge in [0.2, 0.25) is 17.8 Å². The maximum atomic E-state index is 12.2. The van der Waals surface area contributed by atoms with E-state index in [9.17, 15) is 4.79 Å². The Bertz CT molecular complexity index is 675. The number of hydrogen-bond acceptors (Lipinski definition) is 8. The van der Waals surface area contributed by atoms with E-state index in [-0.39, 0.29) is 23.1 Å². The molecule has 128 valence electrons. The number of amides is 1. The molecule has 1 aromatic carbocycles. The molecule has 0 bridgehead atoms. The number of carbonyl (C=O) groups excluding carboxylic acids is 1. The van der Waals surface area contributed by atoms with Crippen molar-refractivity contribution in [2.24, 2.45) is 0 Å². The first kappa shape index (κ1) is 17.8. The van der Waals surface area contributed by atoms with Gasteiger partial charge in [0, 0.05) is 5.69 Å². The molecule has 0 aliphatic heterocycles. The van der Waals surface area contributed by atoms with Crippen LogP contribution in [0.15, 0.2) is 24.3 Å². The van der Waals surface area contributed by atoms with Crippen molar-refractivity contribution in [1.82, 2.24) is 15.0 Å². The molecule has 0 aliphatic rings. The lowest BCUT2D eigenvalue weighted by Gasteiger charge is -2.12. The van der Waals surface area contributed by atoms with E-state index in [1.807, 2.05) is 26.0 Å². The number of rotatable bonds is 7. The van der Waals surface area contributed by atoms with Crippen LogP contribution in [0.1, 0.15) is 19.7 Å². The first-order valence-corrected chi connectivity index (χ1v) is 8.44. The van der Waals surface area contributed by atoms with Gasteiger partial charge in [0.1, 0.15) is 11.6 Å². The molecule has 1 heterocycles. The van der Waals surface area contributed by atoms with E-state index >= 15 is 0 Å². The van der Waals surface area contributed by atoms with E-state index in [0.717, 1.165) is 5.75 Å². The van der Waals surface area contributed by atoms with Crippen LogP contribution in [0.5, 0.6) is 5.75 Å². The topological polar surface area (TPSA) is 129 Å². The fourth-order valence-electron chi connectivity index (χ4n) is 1.84. The molecule has 2 rings (SSSR count). The minimum absolute atomic E-state index is 0.0737. The first-order chi connectivity index (χ1) is 11.5. The Morgan fingerprint density at radius 2 is 1.83 bits per heavy atom. The predicted molar refractivity (Wildman–Crippen MR) is 95.6 cm³/mol. The van der Waals surface area contributed by atoms with Gasteiger partial charge in [0.15, 0.2) is 0 Å². The number of nitrogens with zero attached hydrogens (tertiary/aromatic N) is 3. The van der Waals surface area contributed by atoms with Crippen molar-refractivity contribution in [2.75, 3.05) is 23.4 Å². The van der Waals surface area contributed by atoms with Crippen molar-refractivity contribution >= 4 is 35.3 Å². The predicted octanol–water partition coefficient (Wildman–Crippen LogP) is 1.70. The SMILES string of the molecule is CCOc1ccc(NC(=O)[C@H](C)SCc2nc(N)nc(N)n2)cc1. The number of thioether (sulfide) groups is 1. The van der Waals surface area contributed by atoms with Gasteiger partial charge in [-0.1, -0.05) is 0 Å². The van der Waals surface area contributed by atoms with Crippen LogP contribution in [0, 0.1) is 0 Å². The van der Waals surface area contributed by atoms with E-state index in [1.54, 1.807) is 12.1 Å². The summed E-state index contributed by atoms with van der Waals surface area (Å²) in [7, 11) is 0. The Kier molecular flexibility index (Phi) is 6.19. The van der Waals surface area contributed by atoms with Gasteiger partial charge in [0.05, 0.1) is 17.6 Å². The lowest BCUT2D eigenvalue weighted by atomic mass is 10.3. The third-order valence-corrected chi connectivity index (χ3v) is 4.12.